The van der Waals surface area contributed by atoms with Crippen molar-refractivity contribution < 1.29 is 35.9 Å². The first-order valence-electron chi connectivity index (χ1n) is 13.2. The van der Waals surface area contributed by atoms with E-state index in [0.717, 1.165) is 29.8 Å². The molecule has 0 heterocycles. The maximum atomic E-state index is 13.1. The van der Waals surface area contributed by atoms with E-state index < -0.39 is 45.9 Å². The monoisotopic (exact) mass is 619 g/mol. The van der Waals surface area contributed by atoms with Crippen LogP contribution in [-0.2, 0) is 30.5 Å². The van der Waals surface area contributed by atoms with Crippen LogP contribution in [0.25, 0.3) is 0 Å². The predicted octanol–water partition coefficient (Wildman–Crippen LogP) is 4.74. The molecule has 3 rings (SSSR count). The van der Waals surface area contributed by atoms with Crippen LogP contribution in [0, 0.1) is 11.8 Å². The highest BCUT2D eigenvalue weighted by Gasteiger charge is 2.33. The van der Waals surface area contributed by atoms with E-state index in [2.05, 4.69) is 10.0 Å². The van der Waals surface area contributed by atoms with E-state index in [9.17, 15) is 31.2 Å². The first kappa shape index (κ1) is 34.5. The molecule has 2 aromatic carbocycles. The molecule has 0 radical (unpaired) electrons. The molecule has 1 amide bonds. The molecule has 0 aliphatic heterocycles. The number of benzene rings is 2. The predicted molar refractivity (Wildman–Crippen MR) is 150 cm³/mol. The lowest BCUT2D eigenvalue weighted by Gasteiger charge is -2.30. The van der Waals surface area contributed by atoms with Crippen molar-refractivity contribution in [3.05, 3.63) is 65.7 Å². The Morgan fingerprint density at radius 2 is 1.59 bits per heavy atom. The third-order valence-electron chi connectivity index (χ3n) is 6.85. The average Bonchev–Trinajstić information content (AvgIpc) is 2.90. The van der Waals surface area contributed by atoms with E-state index in [1.165, 1.54) is 0 Å². The number of esters is 1. The molecule has 8 nitrogen and oxygen atoms in total. The van der Waals surface area contributed by atoms with Crippen molar-refractivity contribution in [2.75, 3.05) is 6.61 Å². The Bertz CT molecular complexity index is 1240. The lowest BCUT2D eigenvalue weighted by atomic mass is 9.85. The van der Waals surface area contributed by atoms with Crippen LogP contribution in [-0.4, -0.2) is 39.0 Å². The molecular formula is C28H37ClF3N3O5S. The Kier molecular flexibility index (Phi) is 12.6. The number of alkyl halides is 3. The fraction of sp³-hybridized carbons (Fsp3) is 0.500. The smallest absolute Gasteiger partial charge is 0.416 e. The van der Waals surface area contributed by atoms with E-state index in [4.69, 9.17) is 10.5 Å². The molecule has 1 aliphatic rings. The van der Waals surface area contributed by atoms with Gasteiger partial charge in [-0.15, -0.1) is 12.4 Å². The van der Waals surface area contributed by atoms with Gasteiger partial charge in [0.1, 0.15) is 12.6 Å². The number of carbonyl (C=O) groups is 2. The van der Waals surface area contributed by atoms with Crippen molar-refractivity contribution in [3.63, 3.8) is 0 Å². The molecule has 0 bridgehead atoms. The quantitative estimate of drug-likeness (QED) is 0.312. The van der Waals surface area contributed by atoms with E-state index >= 15 is 0 Å². The summed E-state index contributed by atoms with van der Waals surface area (Å²) in [7, 11) is -4.02. The maximum absolute atomic E-state index is 13.1. The van der Waals surface area contributed by atoms with Gasteiger partial charge in [0.05, 0.1) is 16.5 Å². The summed E-state index contributed by atoms with van der Waals surface area (Å²) in [5, 5.41) is 2.96. The summed E-state index contributed by atoms with van der Waals surface area (Å²) in [4.78, 5) is 25.2. The van der Waals surface area contributed by atoms with Gasteiger partial charge in [-0.3, -0.25) is 9.59 Å². The third-order valence-corrected chi connectivity index (χ3v) is 8.39. The second kappa shape index (κ2) is 15.0. The number of carbonyl (C=O) groups excluding carboxylic acids is 2. The number of nitrogens with two attached hydrogens (primary N) is 1. The van der Waals surface area contributed by atoms with E-state index in [1.807, 2.05) is 44.2 Å². The van der Waals surface area contributed by atoms with Crippen molar-refractivity contribution in [2.45, 2.75) is 75.1 Å². The number of amides is 1. The van der Waals surface area contributed by atoms with Crippen LogP contribution >= 0.6 is 12.4 Å². The van der Waals surface area contributed by atoms with Crippen LogP contribution in [0.3, 0.4) is 0 Å². The molecule has 2 aromatic rings. The van der Waals surface area contributed by atoms with Crippen molar-refractivity contribution in [3.8, 4) is 0 Å². The third kappa shape index (κ3) is 10.3. The van der Waals surface area contributed by atoms with Gasteiger partial charge in [-0.2, -0.15) is 13.2 Å². The summed E-state index contributed by atoms with van der Waals surface area (Å²) in [5.41, 5.74) is 5.76. The summed E-state index contributed by atoms with van der Waals surface area (Å²) >= 11 is 0. The summed E-state index contributed by atoms with van der Waals surface area (Å²) in [6, 6.07) is 10.6. The van der Waals surface area contributed by atoms with Gasteiger partial charge in [0.2, 0.25) is 15.9 Å². The number of rotatable bonds is 11. The lowest BCUT2D eigenvalue weighted by molar-refractivity contribution is -0.147. The summed E-state index contributed by atoms with van der Waals surface area (Å²) in [5.74, 6) is -0.927. The zero-order valence-electron chi connectivity index (χ0n) is 22.9. The summed E-state index contributed by atoms with van der Waals surface area (Å²) in [6.07, 6.45) is -2.50. The van der Waals surface area contributed by atoms with Crippen molar-refractivity contribution in [1.29, 1.82) is 0 Å². The zero-order valence-corrected chi connectivity index (χ0v) is 24.5. The highest BCUT2D eigenvalue weighted by atomic mass is 35.5. The second-order valence-electron chi connectivity index (χ2n) is 10.5. The summed E-state index contributed by atoms with van der Waals surface area (Å²) < 4.78 is 71.7. The van der Waals surface area contributed by atoms with Gasteiger partial charge >= 0.3 is 12.1 Å². The topological polar surface area (TPSA) is 128 Å². The molecule has 0 saturated heterocycles. The molecule has 1 aliphatic carbocycles. The van der Waals surface area contributed by atoms with Crippen LogP contribution in [0.5, 0.6) is 0 Å². The minimum atomic E-state index is -4.56. The van der Waals surface area contributed by atoms with Crippen LogP contribution in [0.1, 0.15) is 63.1 Å². The minimum Gasteiger partial charge on any atom is -0.462 e. The molecule has 13 heteroatoms. The lowest BCUT2D eigenvalue weighted by Crippen LogP contribution is -2.42. The first-order valence-corrected chi connectivity index (χ1v) is 14.7. The standard InChI is InChI=1S/C28H36F3N3O5S.ClH/c1-18(2)16-24(32)27(36)39-17-25(19-6-4-3-5-7-19)33-26(35)20-8-12-22(13-9-20)34-40(37,38)23-14-10-21(11-15-23)28(29,30)31;/h3-7,10-11,14-15,18,20,22,24-25,34H,8-9,12-13,16-17,32H2,1-2H3,(H,33,35);1H/t20?,22?,24-,25+;/m0./s1. The Labute approximate surface area is 245 Å². The van der Waals surface area contributed by atoms with Crippen molar-refractivity contribution in [1.82, 2.24) is 10.0 Å². The Morgan fingerprint density at radius 1 is 1.00 bits per heavy atom. The van der Waals surface area contributed by atoms with Crippen LogP contribution in [0.15, 0.2) is 59.5 Å². The number of hydrogen-bond donors (Lipinski definition) is 3. The fourth-order valence-electron chi connectivity index (χ4n) is 4.66. The SMILES string of the molecule is CC(C)C[C@H](N)C(=O)OC[C@@H](NC(=O)C1CCC(NS(=O)(=O)c2ccc(C(F)(F)F)cc2)CC1)c1ccccc1.Cl. The van der Waals surface area contributed by atoms with Crippen LogP contribution in [0.4, 0.5) is 13.2 Å². The Hall–Kier alpha value is -2.67. The Balaban J connectivity index is 0.00000588. The number of hydrogen-bond acceptors (Lipinski definition) is 6. The maximum Gasteiger partial charge on any atom is 0.416 e. The molecule has 1 saturated carbocycles. The van der Waals surface area contributed by atoms with Crippen LogP contribution in [0.2, 0.25) is 0 Å². The molecule has 2 atom stereocenters. The van der Waals surface area contributed by atoms with Gasteiger partial charge in [-0.25, -0.2) is 13.1 Å². The molecule has 0 spiro atoms. The first-order chi connectivity index (χ1) is 18.8. The molecule has 0 unspecified atom stereocenters. The molecule has 1 fully saturated rings. The molecule has 0 aromatic heterocycles. The van der Waals surface area contributed by atoms with Gasteiger partial charge in [-0.1, -0.05) is 44.2 Å². The largest absolute Gasteiger partial charge is 0.462 e. The Morgan fingerprint density at radius 3 is 2.12 bits per heavy atom. The number of sulfonamides is 1. The number of ether oxygens (including phenoxy) is 1. The molecule has 41 heavy (non-hydrogen) atoms. The highest BCUT2D eigenvalue weighted by molar-refractivity contribution is 7.89. The zero-order chi connectivity index (χ0) is 29.5. The van der Waals surface area contributed by atoms with Gasteiger partial charge < -0.3 is 15.8 Å². The van der Waals surface area contributed by atoms with Gasteiger partial charge in [0.15, 0.2) is 0 Å². The highest BCUT2D eigenvalue weighted by Crippen LogP contribution is 2.30. The number of nitrogens with one attached hydrogen (secondary N) is 2. The minimum absolute atomic E-state index is 0. The fourth-order valence-corrected chi connectivity index (χ4v) is 5.96. The second-order valence-corrected chi connectivity index (χ2v) is 12.2. The van der Waals surface area contributed by atoms with Crippen molar-refractivity contribution in [2.24, 2.45) is 17.6 Å². The van der Waals surface area contributed by atoms with E-state index in [-0.39, 0.29) is 41.7 Å². The molecule has 228 valence electrons. The normalized spacial score (nSPS) is 19.1. The van der Waals surface area contributed by atoms with E-state index in [0.29, 0.717) is 32.1 Å². The molecular weight excluding hydrogens is 583 g/mol. The van der Waals surface area contributed by atoms with Gasteiger partial charge in [0.25, 0.3) is 0 Å². The van der Waals surface area contributed by atoms with Gasteiger partial charge in [-0.05, 0) is 67.9 Å². The van der Waals surface area contributed by atoms with Gasteiger partial charge in [0, 0.05) is 12.0 Å². The van der Waals surface area contributed by atoms with E-state index in [1.54, 1.807) is 0 Å². The van der Waals surface area contributed by atoms with Crippen molar-refractivity contribution >= 4 is 34.3 Å². The summed E-state index contributed by atoms with van der Waals surface area (Å²) in [6.45, 7) is 3.83. The number of halogens is 4. The average molecular weight is 620 g/mol. The van der Waals surface area contributed by atoms with Crippen LogP contribution < -0.4 is 15.8 Å². The molecule has 4 N–H and O–H groups in total.